The molecule has 0 bridgehead atoms. The lowest BCUT2D eigenvalue weighted by molar-refractivity contribution is 0.429. The Balaban J connectivity index is 1.71. The average Bonchev–Trinajstić information content (AvgIpc) is 3.00. The summed E-state index contributed by atoms with van der Waals surface area (Å²) >= 11 is 7.62. The standard InChI is InChI=1S/C25H18ClN3O3S/c26-16-10-12-17(13-11-16)29-24(31)22(23(30)28-25(29)32)19-14-21(15-6-2-1-3-7-15)33-20-9-5-4-8-18(20)27-19/h1-13,21,31H,14H2,(H,28,30,32). The quantitative estimate of drug-likeness (QED) is 0.424. The van der Waals surface area contributed by atoms with Gasteiger partial charge in [0.1, 0.15) is 5.56 Å². The second-order valence-corrected chi connectivity index (χ2v) is 9.20. The Morgan fingerprint density at radius 2 is 1.67 bits per heavy atom. The number of benzene rings is 3. The van der Waals surface area contributed by atoms with Crippen LogP contribution in [0.25, 0.3) is 5.69 Å². The molecule has 1 aliphatic heterocycles. The van der Waals surface area contributed by atoms with E-state index >= 15 is 0 Å². The summed E-state index contributed by atoms with van der Waals surface area (Å²) in [4.78, 5) is 33.6. The molecule has 1 unspecified atom stereocenters. The van der Waals surface area contributed by atoms with Crippen molar-refractivity contribution in [2.75, 3.05) is 0 Å². The highest BCUT2D eigenvalue weighted by Crippen LogP contribution is 2.45. The Morgan fingerprint density at radius 1 is 0.970 bits per heavy atom. The highest BCUT2D eigenvalue weighted by Gasteiger charge is 2.27. The molecule has 3 aromatic carbocycles. The van der Waals surface area contributed by atoms with Gasteiger partial charge in [0, 0.05) is 21.6 Å². The third kappa shape index (κ3) is 4.13. The molecule has 4 aromatic rings. The van der Waals surface area contributed by atoms with Gasteiger partial charge in [-0.15, -0.1) is 11.8 Å². The van der Waals surface area contributed by atoms with Crippen molar-refractivity contribution in [3.05, 3.63) is 116 Å². The molecule has 2 heterocycles. The Labute approximate surface area is 198 Å². The number of aliphatic imine (C=N–C) groups is 1. The number of H-pyrrole nitrogens is 1. The molecular weight excluding hydrogens is 458 g/mol. The maximum Gasteiger partial charge on any atom is 0.335 e. The summed E-state index contributed by atoms with van der Waals surface area (Å²) in [5.41, 5.74) is 1.12. The zero-order chi connectivity index (χ0) is 22.9. The first-order valence-corrected chi connectivity index (χ1v) is 11.5. The molecule has 1 aliphatic rings. The van der Waals surface area contributed by atoms with Crippen LogP contribution in [0.15, 0.2) is 98.3 Å². The number of aromatic hydroxyl groups is 1. The molecule has 0 radical (unpaired) electrons. The van der Waals surface area contributed by atoms with Crippen LogP contribution in [0.1, 0.15) is 22.8 Å². The smallest absolute Gasteiger partial charge is 0.335 e. The fourth-order valence-electron chi connectivity index (χ4n) is 3.84. The highest BCUT2D eigenvalue weighted by molar-refractivity contribution is 7.99. The van der Waals surface area contributed by atoms with Gasteiger partial charge in [-0.3, -0.25) is 14.8 Å². The van der Waals surface area contributed by atoms with Gasteiger partial charge in [0.05, 0.1) is 17.1 Å². The number of thioether (sulfide) groups is 1. The van der Waals surface area contributed by atoms with Crippen molar-refractivity contribution in [2.24, 2.45) is 4.99 Å². The van der Waals surface area contributed by atoms with E-state index in [1.807, 2.05) is 54.6 Å². The number of fused-ring (bicyclic) bond motifs is 1. The highest BCUT2D eigenvalue weighted by atomic mass is 35.5. The second-order valence-electron chi connectivity index (χ2n) is 7.52. The van der Waals surface area contributed by atoms with Crippen molar-refractivity contribution in [1.29, 1.82) is 0 Å². The van der Waals surface area contributed by atoms with E-state index in [0.717, 1.165) is 15.0 Å². The molecule has 0 fully saturated rings. The van der Waals surface area contributed by atoms with Crippen LogP contribution in [0.2, 0.25) is 5.02 Å². The number of nitrogens with one attached hydrogen (secondary N) is 1. The van der Waals surface area contributed by atoms with Crippen LogP contribution >= 0.6 is 23.4 Å². The van der Waals surface area contributed by atoms with E-state index < -0.39 is 17.1 Å². The lowest BCUT2D eigenvalue weighted by atomic mass is 10.0. The van der Waals surface area contributed by atoms with E-state index in [4.69, 9.17) is 16.6 Å². The summed E-state index contributed by atoms with van der Waals surface area (Å²) in [5.74, 6) is -0.457. The SMILES string of the molecule is O=c1[nH]c(=O)n(-c2ccc(Cl)cc2)c(O)c1C1=Nc2ccccc2SC(c2ccccc2)C1. The molecule has 1 aromatic heterocycles. The molecule has 0 aliphatic carbocycles. The summed E-state index contributed by atoms with van der Waals surface area (Å²) < 4.78 is 1.05. The van der Waals surface area contributed by atoms with Gasteiger partial charge in [0.15, 0.2) is 0 Å². The van der Waals surface area contributed by atoms with Crippen molar-refractivity contribution in [3.63, 3.8) is 0 Å². The third-order valence-corrected chi connectivity index (χ3v) is 6.97. The van der Waals surface area contributed by atoms with E-state index in [9.17, 15) is 14.7 Å². The molecule has 0 saturated heterocycles. The third-order valence-electron chi connectivity index (χ3n) is 5.40. The molecule has 33 heavy (non-hydrogen) atoms. The summed E-state index contributed by atoms with van der Waals surface area (Å²) in [5, 5.41) is 11.6. The predicted octanol–water partition coefficient (Wildman–Crippen LogP) is 5.24. The monoisotopic (exact) mass is 475 g/mol. The van der Waals surface area contributed by atoms with Crippen LogP contribution in [-0.2, 0) is 0 Å². The minimum Gasteiger partial charge on any atom is -0.493 e. The van der Waals surface area contributed by atoms with Crippen molar-refractivity contribution in [3.8, 4) is 11.6 Å². The maximum atomic E-state index is 12.9. The maximum absolute atomic E-state index is 12.9. The lowest BCUT2D eigenvalue weighted by Crippen LogP contribution is -2.33. The van der Waals surface area contributed by atoms with Crippen LogP contribution in [0.4, 0.5) is 5.69 Å². The van der Waals surface area contributed by atoms with Crippen molar-refractivity contribution in [1.82, 2.24) is 9.55 Å². The summed E-state index contributed by atoms with van der Waals surface area (Å²) in [6.07, 6.45) is 0.388. The van der Waals surface area contributed by atoms with Gasteiger partial charge in [-0.05, 0) is 42.0 Å². The van der Waals surface area contributed by atoms with Crippen molar-refractivity contribution in [2.45, 2.75) is 16.6 Å². The Kier molecular flexibility index (Phi) is 5.66. The molecule has 2 N–H and O–H groups in total. The van der Waals surface area contributed by atoms with E-state index in [1.165, 1.54) is 0 Å². The van der Waals surface area contributed by atoms with Gasteiger partial charge in [0.25, 0.3) is 5.56 Å². The van der Waals surface area contributed by atoms with Crippen LogP contribution in [0.3, 0.4) is 0 Å². The minimum atomic E-state index is -0.743. The molecule has 0 saturated carbocycles. The Bertz CT molecular complexity index is 1480. The number of nitrogens with zero attached hydrogens (tertiary/aromatic N) is 2. The minimum absolute atomic E-state index is 0.0252. The molecular formula is C25H18ClN3O3S. The number of halogens is 1. The van der Waals surface area contributed by atoms with E-state index in [1.54, 1.807) is 36.0 Å². The largest absolute Gasteiger partial charge is 0.493 e. The number of hydrogen-bond acceptors (Lipinski definition) is 5. The zero-order valence-electron chi connectivity index (χ0n) is 17.2. The topological polar surface area (TPSA) is 87.5 Å². The number of rotatable bonds is 3. The second kappa shape index (κ2) is 8.77. The van der Waals surface area contributed by atoms with Gasteiger partial charge in [-0.25, -0.2) is 9.36 Å². The number of para-hydroxylation sites is 1. The first-order valence-electron chi connectivity index (χ1n) is 10.2. The summed E-state index contributed by atoms with van der Waals surface area (Å²) in [7, 11) is 0. The molecule has 0 amide bonds. The predicted molar refractivity (Wildman–Crippen MR) is 132 cm³/mol. The number of aromatic nitrogens is 2. The number of aromatic amines is 1. The first kappa shape index (κ1) is 21.3. The molecule has 1 atom stereocenters. The van der Waals surface area contributed by atoms with E-state index in [2.05, 4.69) is 4.98 Å². The van der Waals surface area contributed by atoms with E-state index in [0.29, 0.717) is 28.5 Å². The fraction of sp³-hybridized carbons (Fsp3) is 0.0800. The normalized spacial score (nSPS) is 15.4. The first-order chi connectivity index (χ1) is 16.0. The van der Waals surface area contributed by atoms with E-state index in [-0.39, 0.29) is 10.8 Å². The molecule has 0 spiro atoms. The van der Waals surface area contributed by atoms with Crippen LogP contribution in [-0.4, -0.2) is 20.4 Å². The van der Waals surface area contributed by atoms with Gasteiger partial charge < -0.3 is 5.11 Å². The van der Waals surface area contributed by atoms with Crippen LogP contribution in [0, 0.1) is 0 Å². The van der Waals surface area contributed by atoms with Gasteiger partial charge in [-0.1, -0.05) is 54.1 Å². The van der Waals surface area contributed by atoms with Gasteiger partial charge >= 0.3 is 5.69 Å². The summed E-state index contributed by atoms with van der Waals surface area (Å²) in [6, 6.07) is 24.0. The summed E-state index contributed by atoms with van der Waals surface area (Å²) in [6.45, 7) is 0. The van der Waals surface area contributed by atoms with Gasteiger partial charge in [-0.2, -0.15) is 0 Å². The van der Waals surface area contributed by atoms with Crippen molar-refractivity contribution >= 4 is 34.8 Å². The van der Waals surface area contributed by atoms with Crippen molar-refractivity contribution < 1.29 is 5.11 Å². The Morgan fingerprint density at radius 3 is 2.42 bits per heavy atom. The zero-order valence-corrected chi connectivity index (χ0v) is 18.8. The van der Waals surface area contributed by atoms with Crippen LogP contribution < -0.4 is 11.2 Å². The molecule has 164 valence electrons. The molecule has 5 rings (SSSR count). The average molecular weight is 476 g/mol. The lowest BCUT2D eigenvalue weighted by Gasteiger charge is -2.17. The van der Waals surface area contributed by atoms with Gasteiger partial charge in [0.2, 0.25) is 5.88 Å². The number of hydrogen-bond donors (Lipinski definition) is 2. The Hall–Kier alpha value is -3.55. The van der Waals surface area contributed by atoms with Crippen LogP contribution in [0.5, 0.6) is 5.88 Å². The fourth-order valence-corrected chi connectivity index (χ4v) is 5.20. The molecule has 6 nitrogen and oxygen atoms in total. The molecule has 8 heteroatoms.